The van der Waals surface area contributed by atoms with E-state index in [9.17, 15) is 4.79 Å². The molecule has 1 N–H and O–H groups in total. The number of nitrogens with zero attached hydrogens (tertiary/aromatic N) is 1. The maximum absolute atomic E-state index is 11.2. The van der Waals surface area contributed by atoms with Crippen LogP contribution in [-0.2, 0) is 11.2 Å². The number of carbonyl (C=O) groups is 1. The van der Waals surface area contributed by atoms with Gasteiger partial charge in [-0.05, 0) is 29.8 Å². The van der Waals surface area contributed by atoms with Gasteiger partial charge in [-0.2, -0.15) is 0 Å². The second-order valence-corrected chi connectivity index (χ2v) is 3.66. The molecule has 3 heteroatoms. The number of anilines is 1. The van der Waals surface area contributed by atoms with E-state index in [0.29, 0.717) is 6.42 Å². The second-order valence-electron chi connectivity index (χ2n) is 3.66. The van der Waals surface area contributed by atoms with Gasteiger partial charge in [0.05, 0.1) is 6.42 Å². The summed E-state index contributed by atoms with van der Waals surface area (Å²) >= 11 is 0. The van der Waals surface area contributed by atoms with Crippen molar-refractivity contribution in [2.24, 2.45) is 0 Å². The van der Waals surface area contributed by atoms with Crippen molar-refractivity contribution in [3.05, 3.63) is 48.3 Å². The number of hydrogen-bond acceptors (Lipinski definition) is 1. The van der Waals surface area contributed by atoms with Gasteiger partial charge < -0.3 is 9.88 Å². The first-order valence-corrected chi connectivity index (χ1v) is 4.89. The van der Waals surface area contributed by atoms with Crippen molar-refractivity contribution in [1.82, 2.24) is 4.57 Å². The number of hydrogen-bond donors (Lipinski definition) is 1. The van der Waals surface area contributed by atoms with Gasteiger partial charge in [-0.15, -0.1) is 0 Å². The third-order valence-electron chi connectivity index (χ3n) is 2.62. The molecule has 0 bridgehead atoms. The molecule has 0 radical (unpaired) electrons. The van der Waals surface area contributed by atoms with Crippen LogP contribution in [-0.4, -0.2) is 10.5 Å². The van der Waals surface area contributed by atoms with Crippen LogP contribution in [0.25, 0.3) is 5.69 Å². The summed E-state index contributed by atoms with van der Waals surface area (Å²) in [6, 6.07) is 9.99. The van der Waals surface area contributed by atoms with E-state index in [0.717, 1.165) is 16.9 Å². The highest BCUT2D eigenvalue weighted by Gasteiger charge is 2.17. The molecule has 0 aliphatic carbocycles. The molecule has 15 heavy (non-hydrogen) atoms. The molecule has 0 saturated carbocycles. The third-order valence-corrected chi connectivity index (χ3v) is 2.62. The van der Waals surface area contributed by atoms with Gasteiger partial charge in [-0.1, -0.05) is 6.07 Å². The quantitative estimate of drug-likeness (QED) is 0.746. The van der Waals surface area contributed by atoms with Crippen LogP contribution < -0.4 is 5.32 Å². The Labute approximate surface area is 87.3 Å². The van der Waals surface area contributed by atoms with Crippen LogP contribution in [0, 0.1) is 0 Å². The number of nitrogens with one attached hydrogen (secondary N) is 1. The largest absolute Gasteiger partial charge is 0.325 e. The highest BCUT2D eigenvalue weighted by molar-refractivity contribution is 5.99. The van der Waals surface area contributed by atoms with Gasteiger partial charge in [0.25, 0.3) is 0 Å². The van der Waals surface area contributed by atoms with Crippen LogP contribution in [0.2, 0.25) is 0 Å². The van der Waals surface area contributed by atoms with E-state index in [2.05, 4.69) is 5.32 Å². The fourth-order valence-electron chi connectivity index (χ4n) is 1.87. The Hall–Kier alpha value is -2.03. The molecule has 0 unspecified atom stereocenters. The lowest BCUT2D eigenvalue weighted by molar-refractivity contribution is -0.115. The van der Waals surface area contributed by atoms with E-state index in [1.807, 2.05) is 47.3 Å². The molecule has 2 heterocycles. The lowest BCUT2D eigenvalue weighted by atomic mass is 10.1. The van der Waals surface area contributed by atoms with Gasteiger partial charge in [0.2, 0.25) is 5.91 Å². The lowest BCUT2D eigenvalue weighted by Crippen LogP contribution is -2.03. The van der Waals surface area contributed by atoms with Crippen LogP contribution >= 0.6 is 0 Å². The second kappa shape index (κ2) is 2.98. The molecule has 3 nitrogen and oxygen atoms in total. The van der Waals surface area contributed by atoms with Crippen molar-refractivity contribution in [2.75, 3.05) is 5.32 Å². The lowest BCUT2D eigenvalue weighted by Gasteiger charge is -2.05. The average molecular weight is 198 g/mol. The van der Waals surface area contributed by atoms with Crippen molar-refractivity contribution in [1.29, 1.82) is 0 Å². The minimum Gasteiger partial charge on any atom is -0.325 e. The summed E-state index contributed by atoms with van der Waals surface area (Å²) in [7, 11) is 0. The minimum absolute atomic E-state index is 0.0784. The van der Waals surface area contributed by atoms with E-state index in [1.54, 1.807) is 0 Å². The topological polar surface area (TPSA) is 34.0 Å². The zero-order valence-electron chi connectivity index (χ0n) is 8.10. The van der Waals surface area contributed by atoms with E-state index in [1.165, 1.54) is 0 Å². The fraction of sp³-hybridized carbons (Fsp3) is 0.0833. The Morgan fingerprint density at radius 2 is 2.00 bits per heavy atom. The molecule has 2 aromatic rings. The van der Waals surface area contributed by atoms with Crippen molar-refractivity contribution < 1.29 is 4.79 Å². The normalized spacial score (nSPS) is 13.7. The number of fused-ring (bicyclic) bond motifs is 1. The van der Waals surface area contributed by atoms with Crippen molar-refractivity contribution >= 4 is 11.6 Å². The Morgan fingerprint density at radius 1 is 1.20 bits per heavy atom. The van der Waals surface area contributed by atoms with Crippen molar-refractivity contribution in [2.45, 2.75) is 6.42 Å². The minimum atomic E-state index is 0.0784. The first kappa shape index (κ1) is 8.29. The Bertz CT molecular complexity index is 514. The summed E-state index contributed by atoms with van der Waals surface area (Å²) in [6.07, 6.45) is 4.47. The number of amides is 1. The zero-order chi connectivity index (χ0) is 10.3. The molecule has 0 fully saturated rings. The van der Waals surface area contributed by atoms with Crippen LogP contribution in [0.15, 0.2) is 42.7 Å². The molecule has 3 rings (SSSR count). The summed E-state index contributed by atoms with van der Waals surface area (Å²) in [5.41, 5.74) is 3.09. The van der Waals surface area contributed by atoms with E-state index in [4.69, 9.17) is 0 Å². The van der Waals surface area contributed by atoms with Gasteiger partial charge in [0, 0.05) is 23.8 Å². The first-order valence-electron chi connectivity index (χ1n) is 4.89. The Kier molecular flexibility index (Phi) is 1.65. The van der Waals surface area contributed by atoms with E-state index in [-0.39, 0.29) is 5.91 Å². The van der Waals surface area contributed by atoms with Gasteiger partial charge >= 0.3 is 0 Å². The molecular weight excluding hydrogens is 188 g/mol. The molecule has 0 saturated heterocycles. The van der Waals surface area contributed by atoms with Crippen LogP contribution in [0.5, 0.6) is 0 Å². The molecule has 1 aromatic carbocycles. The SMILES string of the molecule is O=C1Cc2ccc(-n3cccc3)cc2N1. The van der Waals surface area contributed by atoms with Gasteiger partial charge in [-0.3, -0.25) is 4.79 Å². The molecular formula is C12H10N2O. The smallest absolute Gasteiger partial charge is 0.228 e. The zero-order valence-corrected chi connectivity index (χ0v) is 8.10. The number of rotatable bonds is 1. The van der Waals surface area contributed by atoms with E-state index < -0.39 is 0 Å². The van der Waals surface area contributed by atoms with E-state index >= 15 is 0 Å². The molecule has 0 atom stereocenters. The monoisotopic (exact) mass is 198 g/mol. The number of benzene rings is 1. The molecule has 1 aromatic heterocycles. The predicted molar refractivity (Wildman–Crippen MR) is 58.1 cm³/mol. The fourth-order valence-corrected chi connectivity index (χ4v) is 1.87. The van der Waals surface area contributed by atoms with Crippen molar-refractivity contribution in [3.63, 3.8) is 0 Å². The summed E-state index contributed by atoms with van der Waals surface area (Å²) in [5.74, 6) is 0.0784. The molecule has 0 spiro atoms. The van der Waals surface area contributed by atoms with Crippen LogP contribution in [0.1, 0.15) is 5.56 Å². The van der Waals surface area contributed by atoms with Gasteiger partial charge in [0.15, 0.2) is 0 Å². The Morgan fingerprint density at radius 3 is 2.80 bits per heavy atom. The standard InChI is InChI=1S/C12H10N2O/c15-12-7-9-3-4-10(8-11(9)13-12)14-5-1-2-6-14/h1-6,8H,7H2,(H,13,15). The summed E-state index contributed by atoms with van der Waals surface area (Å²) in [5, 5.41) is 2.85. The highest BCUT2D eigenvalue weighted by atomic mass is 16.1. The highest BCUT2D eigenvalue weighted by Crippen LogP contribution is 2.25. The Balaban J connectivity index is 2.07. The summed E-state index contributed by atoms with van der Waals surface area (Å²) in [6.45, 7) is 0. The number of aromatic nitrogens is 1. The van der Waals surface area contributed by atoms with Gasteiger partial charge in [0.1, 0.15) is 0 Å². The molecule has 74 valence electrons. The van der Waals surface area contributed by atoms with Crippen molar-refractivity contribution in [3.8, 4) is 5.69 Å². The van der Waals surface area contributed by atoms with Crippen LogP contribution in [0.4, 0.5) is 5.69 Å². The first-order chi connectivity index (χ1) is 7.33. The number of carbonyl (C=O) groups excluding carboxylic acids is 1. The molecule has 1 aliphatic heterocycles. The molecule has 1 amide bonds. The summed E-state index contributed by atoms with van der Waals surface area (Å²) in [4.78, 5) is 11.2. The third kappa shape index (κ3) is 1.32. The van der Waals surface area contributed by atoms with Crippen LogP contribution in [0.3, 0.4) is 0 Å². The average Bonchev–Trinajstić information content (AvgIpc) is 2.82. The maximum Gasteiger partial charge on any atom is 0.228 e. The predicted octanol–water partition coefficient (Wildman–Crippen LogP) is 1.97. The van der Waals surface area contributed by atoms with Gasteiger partial charge in [-0.25, -0.2) is 0 Å². The molecule has 1 aliphatic rings. The summed E-state index contributed by atoms with van der Waals surface area (Å²) < 4.78 is 2.02. The maximum atomic E-state index is 11.2.